The second-order valence-electron chi connectivity index (χ2n) is 4.68. The van der Waals surface area contributed by atoms with Crippen LogP contribution in [0.15, 0.2) is 42.5 Å². The highest BCUT2D eigenvalue weighted by molar-refractivity contribution is 6.54. The molecule has 0 amide bonds. The quantitative estimate of drug-likeness (QED) is 0.583. The molecule has 0 spiro atoms. The van der Waals surface area contributed by atoms with Gasteiger partial charge in [0.05, 0.1) is 16.1 Å². The van der Waals surface area contributed by atoms with Crippen molar-refractivity contribution in [1.29, 1.82) is 0 Å². The molecule has 7 heteroatoms. The summed E-state index contributed by atoms with van der Waals surface area (Å²) in [6.45, 7) is 0. The number of benzene rings is 2. The molecule has 1 aliphatic rings. The first-order valence-electron chi connectivity index (χ1n) is 6.16. The minimum absolute atomic E-state index is 0.118. The predicted octanol–water partition coefficient (Wildman–Crippen LogP) is 4.19. The maximum atomic E-state index is 12.7. The van der Waals surface area contributed by atoms with E-state index in [9.17, 15) is 23.2 Å². The molecule has 1 heterocycles. The van der Waals surface area contributed by atoms with Crippen molar-refractivity contribution in [3.05, 3.63) is 69.4 Å². The number of alkyl halides is 3. The number of Topliss-reactive ketones (excluding diaryl/α,β-unsaturated/α-hetero) is 1. The lowest BCUT2D eigenvalue weighted by Crippen LogP contribution is -2.17. The number of halogens is 4. The lowest BCUT2D eigenvalue weighted by Gasteiger charge is -2.07. The van der Waals surface area contributed by atoms with Gasteiger partial charge in [0.25, 0.3) is 11.5 Å². The number of carbonyl (C=O) groups excluding carboxylic acids is 1. The second-order valence-corrected chi connectivity index (χ2v) is 5.09. The first-order chi connectivity index (χ1) is 10.3. The zero-order valence-electron chi connectivity index (χ0n) is 10.8. The Balaban J connectivity index is 2.16. The molecular weight excluding hydrogens is 319 g/mol. The van der Waals surface area contributed by atoms with Crippen molar-refractivity contribution in [3.63, 3.8) is 0 Å². The highest BCUT2D eigenvalue weighted by Crippen LogP contribution is 2.36. The second kappa shape index (κ2) is 4.84. The Kier molecular flexibility index (Phi) is 3.21. The lowest BCUT2D eigenvalue weighted by molar-refractivity contribution is -0.355. The minimum Gasteiger partial charge on any atom is -0.618 e. The van der Waals surface area contributed by atoms with Crippen LogP contribution < -0.4 is 0 Å². The molecule has 3 rings (SSSR count). The van der Waals surface area contributed by atoms with Crippen LogP contribution >= 0.6 is 11.6 Å². The SMILES string of the molecule is O=C1C(c2ccccc2Cl)=[N+]([O-])c2ccc(C(F)(F)F)cc21. The van der Waals surface area contributed by atoms with Gasteiger partial charge in [-0.1, -0.05) is 23.7 Å². The Hall–Kier alpha value is -2.34. The molecule has 0 unspecified atom stereocenters. The van der Waals surface area contributed by atoms with E-state index in [0.717, 1.165) is 12.1 Å². The third-order valence-corrected chi connectivity index (χ3v) is 3.66. The van der Waals surface area contributed by atoms with Crippen LogP contribution in [0.3, 0.4) is 0 Å². The van der Waals surface area contributed by atoms with E-state index in [1.54, 1.807) is 12.1 Å². The number of hydrogen-bond acceptors (Lipinski definition) is 2. The molecule has 0 fully saturated rings. The van der Waals surface area contributed by atoms with Gasteiger partial charge in [-0.3, -0.25) is 4.79 Å². The van der Waals surface area contributed by atoms with Crippen LogP contribution in [-0.4, -0.2) is 16.2 Å². The van der Waals surface area contributed by atoms with E-state index >= 15 is 0 Å². The van der Waals surface area contributed by atoms with Crippen molar-refractivity contribution < 1.29 is 22.7 Å². The van der Waals surface area contributed by atoms with Crippen molar-refractivity contribution in [2.75, 3.05) is 0 Å². The summed E-state index contributed by atoms with van der Waals surface area (Å²) < 4.78 is 38.5. The monoisotopic (exact) mass is 325 g/mol. The van der Waals surface area contributed by atoms with Gasteiger partial charge in [-0.15, -0.1) is 0 Å². The van der Waals surface area contributed by atoms with Gasteiger partial charge < -0.3 is 5.21 Å². The summed E-state index contributed by atoms with van der Waals surface area (Å²) in [5.41, 5.74) is -1.46. The van der Waals surface area contributed by atoms with Gasteiger partial charge in [0, 0.05) is 6.07 Å². The van der Waals surface area contributed by atoms with Gasteiger partial charge in [0.15, 0.2) is 0 Å². The summed E-state index contributed by atoms with van der Waals surface area (Å²) in [4.78, 5) is 12.3. The highest BCUT2D eigenvalue weighted by Gasteiger charge is 2.40. The Bertz CT molecular complexity index is 828. The highest BCUT2D eigenvalue weighted by atomic mass is 35.5. The first-order valence-corrected chi connectivity index (χ1v) is 6.53. The van der Waals surface area contributed by atoms with E-state index in [1.165, 1.54) is 12.1 Å². The molecule has 0 atom stereocenters. The first kappa shape index (κ1) is 14.6. The van der Waals surface area contributed by atoms with E-state index in [1.807, 2.05) is 0 Å². The molecule has 0 bridgehead atoms. The van der Waals surface area contributed by atoms with Gasteiger partial charge in [0.2, 0.25) is 5.69 Å². The Morgan fingerprint density at radius 3 is 2.36 bits per heavy atom. The van der Waals surface area contributed by atoms with E-state index in [2.05, 4.69) is 0 Å². The third-order valence-electron chi connectivity index (χ3n) is 3.33. The summed E-state index contributed by atoms with van der Waals surface area (Å²) >= 11 is 5.96. The minimum atomic E-state index is -4.59. The molecular formula is C15H7ClF3NO2. The maximum absolute atomic E-state index is 12.7. The van der Waals surface area contributed by atoms with Gasteiger partial charge in [-0.05, 0) is 24.3 Å². The fraction of sp³-hybridized carbons (Fsp3) is 0.0667. The molecule has 0 aromatic heterocycles. The predicted molar refractivity (Wildman–Crippen MR) is 74.6 cm³/mol. The standard InChI is InChI=1S/C15H7ClF3NO2/c16-11-4-2-1-3-9(11)13-14(21)10-7-8(15(17,18)19)5-6-12(10)20(13)22/h1-7H. The van der Waals surface area contributed by atoms with Crippen molar-refractivity contribution >= 4 is 28.8 Å². The number of ketones is 1. The zero-order valence-corrected chi connectivity index (χ0v) is 11.6. The van der Waals surface area contributed by atoms with Crippen molar-refractivity contribution in [3.8, 4) is 0 Å². The Labute approximate surface area is 127 Å². The van der Waals surface area contributed by atoms with E-state index in [-0.39, 0.29) is 27.5 Å². The van der Waals surface area contributed by atoms with Crippen LogP contribution in [0.25, 0.3) is 0 Å². The number of carbonyl (C=O) groups is 1. The van der Waals surface area contributed by atoms with Gasteiger partial charge in [0.1, 0.15) is 5.56 Å². The molecule has 2 aromatic rings. The third kappa shape index (κ3) is 2.16. The number of rotatable bonds is 1. The summed E-state index contributed by atoms with van der Waals surface area (Å²) in [7, 11) is 0. The van der Waals surface area contributed by atoms with Gasteiger partial charge in [-0.25, -0.2) is 0 Å². The van der Waals surface area contributed by atoms with Crippen LogP contribution in [0.2, 0.25) is 5.02 Å². The fourth-order valence-electron chi connectivity index (χ4n) is 2.30. The van der Waals surface area contributed by atoms with Gasteiger partial charge in [-0.2, -0.15) is 17.9 Å². The average Bonchev–Trinajstić information content (AvgIpc) is 2.71. The molecule has 1 aliphatic heterocycles. The molecule has 3 nitrogen and oxygen atoms in total. The number of fused-ring (bicyclic) bond motifs is 1. The van der Waals surface area contributed by atoms with Gasteiger partial charge >= 0.3 is 6.18 Å². The van der Waals surface area contributed by atoms with Crippen molar-refractivity contribution in [2.24, 2.45) is 0 Å². The van der Waals surface area contributed by atoms with Crippen LogP contribution in [0, 0.1) is 5.21 Å². The summed E-state index contributed by atoms with van der Waals surface area (Å²) in [5, 5.41) is 12.4. The summed E-state index contributed by atoms with van der Waals surface area (Å²) in [6, 6.07) is 8.62. The number of nitrogens with zero attached hydrogens (tertiary/aromatic N) is 1. The van der Waals surface area contributed by atoms with E-state index in [4.69, 9.17) is 11.6 Å². The largest absolute Gasteiger partial charge is 0.618 e. The lowest BCUT2D eigenvalue weighted by atomic mass is 10.0. The van der Waals surface area contributed by atoms with E-state index in [0.29, 0.717) is 10.8 Å². The molecule has 0 N–H and O–H groups in total. The number of hydrogen-bond donors (Lipinski definition) is 0. The van der Waals surface area contributed by atoms with Crippen molar-refractivity contribution in [2.45, 2.75) is 6.18 Å². The smallest absolute Gasteiger partial charge is 0.416 e. The van der Waals surface area contributed by atoms with Crippen LogP contribution in [0.4, 0.5) is 18.9 Å². The molecule has 2 aromatic carbocycles. The fourth-order valence-corrected chi connectivity index (χ4v) is 2.52. The average molecular weight is 326 g/mol. The summed E-state index contributed by atoms with van der Waals surface area (Å²) in [5.74, 6) is -0.774. The molecule has 0 saturated carbocycles. The normalized spacial score (nSPS) is 14.5. The molecule has 0 radical (unpaired) electrons. The summed E-state index contributed by atoms with van der Waals surface area (Å²) in [6.07, 6.45) is -4.59. The molecule has 22 heavy (non-hydrogen) atoms. The van der Waals surface area contributed by atoms with Crippen LogP contribution in [0.1, 0.15) is 21.5 Å². The molecule has 112 valence electrons. The topological polar surface area (TPSA) is 43.1 Å². The Morgan fingerprint density at radius 1 is 1.05 bits per heavy atom. The van der Waals surface area contributed by atoms with Crippen molar-refractivity contribution in [1.82, 2.24) is 0 Å². The molecule has 0 aliphatic carbocycles. The van der Waals surface area contributed by atoms with Crippen LogP contribution in [-0.2, 0) is 6.18 Å². The molecule has 0 saturated heterocycles. The van der Waals surface area contributed by atoms with E-state index < -0.39 is 17.5 Å². The van der Waals surface area contributed by atoms with Crippen LogP contribution in [0.5, 0.6) is 0 Å². The Morgan fingerprint density at radius 2 is 1.73 bits per heavy atom. The zero-order chi connectivity index (χ0) is 16.1. The maximum Gasteiger partial charge on any atom is 0.416 e.